The molecule has 4 saturated heterocycles. The first-order valence-corrected chi connectivity index (χ1v) is 20.9. The highest BCUT2D eigenvalue weighted by atomic mass is 16.8. The van der Waals surface area contributed by atoms with Crippen molar-refractivity contribution in [3.05, 3.63) is 46.8 Å². The monoisotopic (exact) mass is 944 g/mol. The maximum absolute atomic E-state index is 13.9. The summed E-state index contributed by atoms with van der Waals surface area (Å²) in [5.74, 6) is 0.0500. The van der Waals surface area contributed by atoms with E-state index in [1.807, 2.05) is 0 Å². The van der Waals surface area contributed by atoms with Gasteiger partial charge in [0, 0.05) is 6.07 Å². The van der Waals surface area contributed by atoms with E-state index in [-0.39, 0.29) is 33.8 Å². The number of benzene rings is 2. The van der Waals surface area contributed by atoms with Crippen LogP contribution in [-0.4, -0.2) is 214 Å². The second-order valence-electron chi connectivity index (χ2n) is 16.3. The lowest BCUT2D eigenvalue weighted by Crippen LogP contribution is -2.65. The van der Waals surface area contributed by atoms with Gasteiger partial charge in [0.1, 0.15) is 108 Å². The molecule has 0 radical (unpaired) electrons. The van der Waals surface area contributed by atoms with Gasteiger partial charge in [-0.15, -0.1) is 0 Å². The molecule has 4 aliphatic rings. The minimum absolute atomic E-state index is 0.0390. The molecule has 2 aromatic carbocycles. The first-order valence-electron chi connectivity index (χ1n) is 20.9. The number of methoxy groups -OCH3 is 3. The van der Waals surface area contributed by atoms with Crippen LogP contribution >= 0.6 is 0 Å². The Kier molecular flexibility index (Phi) is 15.7. The van der Waals surface area contributed by atoms with Crippen molar-refractivity contribution in [3.63, 3.8) is 0 Å². The summed E-state index contributed by atoms with van der Waals surface area (Å²) in [6.45, 7) is 1.47. The largest absolute Gasteiger partial charge is 0.497 e. The molecule has 0 bridgehead atoms. The fourth-order valence-corrected chi connectivity index (χ4v) is 8.09. The van der Waals surface area contributed by atoms with Crippen molar-refractivity contribution < 1.29 is 113 Å². The third-order valence-corrected chi connectivity index (χ3v) is 12.1. The maximum Gasteiger partial charge on any atom is 0.229 e. The van der Waals surface area contributed by atoms with Crippen LogP contribution in [0.5, 0.6) is 23.0 Å². The molecule has 0 amide bonds. The molecule has 20 unspecified atom stereocenters. The van der Waals surface area contributed by atoms with Gasteiger partial charge < -0.3 is 113 Å². The van der Waals surface area contributed by atoms with Crippen molar-refractivity contribution in [2.45, 2.75) is 137 Å². The SMILES string of the molecule is COc1ccc(-c2coc3cc(OC4OC(COC5OC(C)C(O)C(O)C5O)C(OC5OC(COC6OC(C)C(O)C(O)C6O)C(O)C(O)C5O)C(O)C4O)c(OC)c(OC)c3c2=O)cc1. The molecule has 1 aromatic heterocycles. The Morgan fingerprint density at radius 1 is 0.545 bits per heavy atom. The van der Waals surface area contributed by atoms with Gasteiger partial charge in [-0.3, -0.25) is 4.79 Å². The van der Waals surface area contributed by atoms with Crippen LogP contribution in [0.2, 0.25) is 0 Å². The van der Waals surface area contributed by atoms with Gasteiger partial charge in [0.25, 0.3) is 0 Å². The normalized spacial score (nSPS) is 39.6. The van der Waals surface area contributed by atoms with Crippen molar-refractivity contribution in [2.75, 3.05) is 34.5 Å². The van der Waals surface area contributed by atoms with E-state index < -0.39 is 141 Å². The molecule has 368 valence electrons. The Balaban J connectivity index is 1.16. The van der Waals surface area contributed by atoms with E-state index in [4.69, 9.17) is 56.5 Å². The molecule has 24 nitrogen and oxygen atoms in total. The molecule has 66 heavy (non-hydrogen) atoms. The molecule has 3 aromatic rings. The fourth-order valence-electron chi connectivity index (χ4n) is 8.09. The zero-order valence-electron chi connectivity index (χ0n) is 36.2. The van der Waals surface area contributed by atoms with Crippen LogP contribution < -0.4 is 24.4 Å². The summed E-state index contributed by atoms with van der Waals surface area (Å²) in [4.78, 5) is 13.9. The number of aliphatic hydroxyl groups excluding tert-OH is 11. The van der Waals surface area contributed by atoms with E-state index in [1.165, 1.54) is 47.5 Å². The Hall–Kier alpha value is -3.87. The summed E-state index contributed by atoms with van der Waals surface area (Å²) < 4.78 is 68.6. The Morgan fingerprint density at radius 3 is 1.62 bits per heavy atom. The highest BCUT2D eigenvalue weighted by Crippen LogP contribution is 2.44. The second kappa shape index (κ2) is 20.8. The van der Waals surface area contributed by atoms with Crippen LogP contribution in [-0.2, 0) is 33.2 Å². The molecule has 4 aliphatic heterocycles. The Bertz CT molecular complexity index is 2140. The second-order valence-corrected chi connectivity index (χ2v) is 16.3. The number of rotatable bonds is 14. The van der Waals surface area contributed by atoms with Crippen LogP contribution in [0.4, 0.5) is 0 Å². The molecule has 20 atom stereocenters. The highest BCUT2D eigenvalue weighted by Gasteiger charge is 2.53. The standard InChI is InChI=1S/C42H56O24/c1-14-24(43)28(47)32(51)39(61-14)59-12-21-27(46)30(49)34(53)42(64-21)66-36-22(13-60-40-33(52)29(48)25(44)15(2)62-40)65-41(35(54)31(36)50)63-20-10-19-23(38(57-5)37(20)56-4)26(45)18(11-58-19)16-6-8-17(55-3)9-7-16/h6-11,14-15,21-22,24-25,27-36,39-44,46-54H,12-13H2,1-5H3. The molecule has 11 N–H and O–H groups in total. The summed E-state index contributed by atoms with van der Waals surface area (Å²) in [7, 11) is 4.01. The van der Waals surface area contributed by atoms with Crippen molar-refractivity contribution in [3.8, 4) is 34.1 Å². The smallest absolute Gasteiger partial charge is 0.229 e. The van der Waals surface area contributed by atoms with Crippen molar-refractivity contribution in [1.29, 1.82) is 0 Å². The molecule has 7 rings (SSSR count). The van der Waals surface area contributed by atoms with E-state index in [9.17, 15) is 61.0 Å². The van der Waals surface area contributed by atoms with Gasteiger partial charge in [0.05, 0.1) is 52.3 Å². The fraction of sp³-hybridized carbons (Fsp3) is 0.643. The van der Waals surface area contributed by atoms with Gasteiger partial charge >= 0.3 is 0 Å². The van der Waals surface area contributed by atoms with Crippen molar-refractivity contribution in [2.24, 2.45) is 0 Å². The molecular formula is C42H56O24. The lowest BCUT2D eigenvalue weighted by atomic mass is 9.96. The zero-order valence-corrected chi connectivity index (χ0v) is 36.2. The number of aliphatic hydroxyl groups is 11. The van der Waals surface area contributed by atoms with Crippen LogP contribution in [0.3, 0.4) is 0 Å². The molecular weight excluding hydrogens is 888 g/mol. The minimum atomic E-state index is -2.03. The third kappa shape index (κ3) is 9.71. The summed E-state index contributed by atoms with van der Waals surface area (Å²) in [6, 6.07) is 7.91. The van der Waals surface area contributed by atoms with Crippen LogP contribution in [0.1, 0.15) is 13.8 Å². The molecule has 0 spiro atoms. The predicted octanol–water partition coefficient (Wildman–Crippen LogP) is -3.81. The van der Waals surface area contributed by atoms with E-state index in [0.29, 0.717) is 11.3 Å². The summed E-state index contributed by atoms with van der Waals surface area (Å²) in [5.41, 5.74) is 0.121. The first kappa shape index (κ1) is 50.0. The Labute approximate surface area is 375 Å². The molecule has 0 saturated carbocycles. The quantitative estimate of drug-likeness (QED) is 0.0738. The summed E-state index contributed by atoms with van der Waals surface area (Å²) in [5, 5.41) is 118. The van der Waals surface area contributed by atoms with E-state index in [1.54, 1.807) is 24.3 Å². The summed E-state index contributed by atoms with van der Waals surface area (Å²) in [6.07, 6.45) is -32.4. The third-order valence-electron chi connectivity index (χ3n) is 12.1. The van der Waals surface area contributed by atoms with E-state index in [2.05, 4.69) is 0 Å². The van der Waals surface area contributed by atoms with Gasteiger partial charge in [-0.2, -0.15) is 0 Å². The maximum atomic E-state index is 13.9. The number of ether oxygens (including phenoxy) is 11. The topological polar surface area (TPSA) is 354 Å². The lowest BCUT2D eigenvalue weighted by Gasteiger charge is -2.47. The number of hydrogen-bond acceptors (Lipinski definition) is 24. The van der Waals surface area contributed by atoms with Gasteiger partial charge in [-0.05, 0) is 31.5 Å². The average molecular weight is 945 g/mol. The van der Waals surface area contributed by atoms with E-state index >= 15 is 0 Å². The number of hydrogen-bond donors (Lipinski definition) is 11. The van der Waals surface area contributed by atoms with E-state index in [0.717, 1.165) is 0 Å². The molecule has 4 fully saturated rings. The van der Waals surface area contributed by atoms with Gasteiger partial charge in [0.2, 0.25) is 17.5 Å². The zero-order chi connectivity index (χ0) is 47.9. The van der Waals surface area contributed by atoms with Gasteiger partial charge in [0.15, 0.2) is 30.4 Å². The summed E-state index contributed by atoms with van der Waals surface area (Å²) >= 11 is 0. The highest BCUT2D eigenvalue weighted by molar-refractivity contribution is 5.91. The van der Waals surface area contributed by atoms with Crippen molar-refractivity contribution >= 4 is 11.0 Å². The average Bonchev–Trinajstić information content (AvgIpc) is 3.31. The van der Waals surface area contributed by atoms with Gasteiger partial charge in [-0.25, -0.2) is 0 Å². The minimum Gasteiger partial charge on any atom is -0.497 e. The van der Waals surface area contributed by atoms with Crippen LogP contribution in [0, 0.1) is 0 Å². The molecule has 5 heterocycles. The molecule has 24 heteroatoms. The van der Waals surface area contributed by atoms with Crippen molar-refractivity contribution in [1.82, 2.24) is 0 Å². The Morgan fingerprint density at radius 2 is 1.06 bits per heavy atom. The number of fused-ring (bicyclic) bond motifs is 1. The van der Waals surface area contributed by atoms with Crippen LogP contribution in [0.25, 0.3) is 22.1 Å². The van der Waals surface area contributed by atoms with Crippen LogP contribution in [0.15, 0.2) is 45.8 Å². The molecule has 0 aliphatic carbocycles. The first-order chi connectivity index (χ1) is 31.4. The lowest BCUT2D eigenvalue weighted by molar-refractivity contribution is -0.365. The predicted molar refractivity (Wildman–Crippen MR) is 217 cm³/mol. The van der Waals surface area contributed by atoms with Gasteiger partial charge in [-0.1, -0.05) is 12.1 Å².